The molecule has 110 valence electrons. The fourth-order valence-electron chi connectivity index (χ4n) is 2.97. The van der Waals surface area contributed by atoms with Gasteiger partial charge in [-0.3, -0.25) is 9.78 Å². The Kier molecular flexibility index (Phi) is 6.03. The first kappa shape index (κ1) is 15.0. The van der Waals surface area contributed by atoms with Gasteiger partial charge in [-0.1, -0.05) is 32.1 Å². The van der Waals surface area contributed by atoms with E-state index < -0.39 is 0 Å². The summed E-state index contributed by atoms with van der Waals surface area (Å²) in [5.74, 6) is 1.09. The number of rotatable bonds is 6. The maximum Gasteiger partial charge on any atom is 0.222 e. The maximum absolute atomic E-state index is 12.1. The molecule has 0 N–H and O–H groups in total. The number of aromatic nitrogens is 1. The number of hydrogen-bond acceptors (Lipinski definition) is 2. The molecule has 0 aliphatic heterocycles. The smallest absolute Gasteiger partial charge is 0.222 e. The molecule has 0 radical (unpaired) electrons. The SMILES string of the molecule is CN(CCc1ccncc1)C(=O)CCC1CCCCC1. The van der Waals surface area contributed by atoms with Crippen molar-refractivity contribution in [3.05, 3.63) is 30.1 Å². The Morgan fingerprint density at radius 2 is 1.95 bits per heavy atom. The van der Waals surface area contributed by atoms with Crippen molar-refractivity contribution >= 4 is 5.91 Å². The lowest BCUT2D eigenvalue weighted by Gasteiger charge is -2.23. The predicted octanol–water partition coefficient (Wildman–Crippen LogP) is 3.44. The Morgan fingerprint density at radius 1 is 1.25 bits per heavy atom. The number of nitrogens with zero attached hydrogens (tertiary/aromatic N) is 2. The summed E-state index contributed by atoms with van der Waals surface area (Å²) in [6.45, 7) is 0.799. The monoisotopic (exact) mass is 274 g/mol. The van der Waals surface area contributed by atoms with E-state index in [0.717, 1.165) is 31.7 Å². The molecule has 20 heavy (non-hydrogen) atoms. The summed E-state index contributed by atoms with van der Waals surface area (Å²) in [6.07, 6.45) is 13.1. The molecule has 3 nitrogen and oxygen atoms in total. The standard InChI is InChI=1S/C17H26N2O/c1-19(14-11-16-9-12-18-13-10-16)17(20)8-7-15-5-3-2-4-6-15/h9-10,12-13,15H,2-8,11,14H2,1H3. The van der Waals surface area contributed by atoms with Gasteiger partial charge in [-0.2, -0.15) is 0 Å². The second-order valence-corrected chi connectivity index (χ2v) is 5.96. The minimum atomic E-state index is 0.296. The van der Waals surface area contributed by atoms with Crippen LogP contribution in [0, 0.1) is 5.92 Å². The highest BCUT2D eigenvalue weighted by molar-refractivity contribution is 5.75. The van der Waals surface area contributed by atoms with E-state index in [4.69, 9.17) is 0 Å². The van der Waals surface area contributed by atoms with Crippen LogP contribution in [0.1, 0.15) is 50.5 Å². The molecule has 1 aromatic heterocycles. The fraction of sp³-hybridized carbons (Fsp3) is 0.647. The van der Waals surface area contributed by atoms with Crippen LogP contribution in [-0.2, 0) is 11.2 Å². The van der Waals surface area contributed by atoms with Crippen LogP contribution >= 0.6 is 0 Å². The quantitative estimate of drug-likeness (QED) is 0.796. The molecule has 1 aliphatic carbocycles. The molecule has 1 amide bonds. The van der Waals surface area contributed by atoms with Crippen LogP contribution in [0.2, 0.25) is 0 Å². The number of pyridine rings is 1. The predicted molar refractivity (Wildman–Crippen MR) is 81.4 cm³/mol. The summed E-state index contributed by atoms with van der Waals surface area (Å²) >= 11 is 0. The van der Waals surface area contributed by atoms with Gasteiger partial charge in [0.05, 0.1) is 0 Å². The number of carbonyl (C=O) groups excluding carboxylic acids is 1. The second-order valence-electron chi connectivity index (χ2n) is 5.96. The zero-order valence-corrected chi connectivity index (χ0v) is 12.6. The van der Waals surface area contributed by atoms with E-state index in [1.807, 2.05) is 24.1 Å². The highest BCUT2D eigenvalue weighted by Gasteiger charge is 2.16. The highest BCUT2D eigenvalue weighted by atomic mass is 16.2. The van der Waals surface area contributed by atoms with Crippen molar-refractivity contribution in [2.45, 2.75) is 51.4 Å². The zero-order chi connectivity index (χ0) is 14.2. The van der Waals surface area contributed by atoms with E-state index in [1.54, 1.807) is 12.4 Å². The van der Waals surface area contributed by atoms with Gasteiger partial charge in [-0.15, -0.1) is 0 Å². The van der Waals surface area contributed by atoms with Gasteiger partial charge in [0.1, 0.15) is 0 Å². The van der Waals surface area contributed by atoms with Gasteiger partial charge < -0.3 is 4.90 Å². The van der Waals surface area contributed by atoms with Crippen molar-refractivity contribution in [2.24, 2.45) is 5.92 Å². The molecule has 1 fully saturated rings. The molecule has 0 saturated heterocycles. The molecule has 3 heteroatoms. The Hall–Kier alpha value is -1.38. The van der Waals surface area contributed by atoms with Crippen molar-refractivity contribution in [1.82, 2.24) is 9.88 Å². The third kappa shape index (κ3) is 4.95. The lowest BCUT2D eigenvalue weighted by Crippen LogP contribution is -2.29. The average molecular weight is 274 g/mol. The minimum Gasteiger partial charge on any atom is -0.345 e. The molecular weight excluding hydrogens is 248 g/mol. The summed E-state index contributed by atoms with van der Waals surface area (Å²) in [4.78, 5) is 18.0. The molecule has 0 spiro atoms. The lowest BCUT2D eigenvalue weighted by molar-refractivity contribution is -0.130. The van der Waals surface area contributed by atoms with Gasteiger partial charge in [-0.25, -0.2) is 0 Å². The Bertz CT molecular complexity index is 399. The van der Waals surface area contributed by atoms with E-state index in [9.17, 15) is 4.79 Å². The third-order valence-corrected chi connectivity index (χ3v) is 4.40. The van der Waals surface area contributed by atoms with Crippen LogP contribution in [-0.4, -0.2) is 29.4 Å². The molecule has 0 atom stereocenters. The van der Waals surface area contributed by atoms with E-state index in [-0.39, 0.29) is 0 Å². The average Bonchev–Trinajstić information content (AvgIpc) is 2.52. The summed E-state index contributed by atoms with van der Waals surface area (Å²) in [6, 6.07) is 4.03. The molecule has 1 saturated carbocycles. The maximum atomic E-state index is 12.1. The van der Waals surface area contributed by atoms with Gasteiger partial charge in [0.15, 0.2) is 0 Å². The first-order valence-corrected chi connectivity index (χ1v) is 7.88. The number of hydrogen-bond donors (Lipinski definition) is 0. The Morgan fingerprint density at radius 3 is 2.65 bits per heavy atom. The lowest BCUT2D eigenvalue weighted by atomic mass is 9.86. The van der Waals surface area contributed by atoms with Crippen LogP contribution in [0.3, 0.4) is 0 Å². The molecule has 0 aromatic carbocycles. The molecule has 1 aliphatic rings. The van der Waals surface area contributed by atoms with E-state index in [1.165, 1.54) is 37.7 Å². The van der Waals surface area contributed by atoms with E-state index >= 15 is 0 Å². The summed E-state index contributed by atoms with van der Waals surface area (Å²) < 4.78 is 0. The van der Waals surface area contributed by atoms with E-state index in [0.29, 0.717) is 5.91 Å². The second kappa shape index (κ2) is 8.03. The van der Waals surface area contributed by atoms with Crippen LogP contribution in [0.15, 0.2) is 24.5 Å². The Labute approximate surface area is 122 Å². The van der Waals surface area contributed by atoms with Gasteiger partial charge in [0.25, 0.3) is 0 Å². The summed E-state index contributed by atoms with van der Waals surface area (Å²) in [5.41, 5.74) is 1.24. The summed E-state index contributed by atoms with van der Waals surface area (Å²) in [5, 5.41) is 0. The van der Waals surface area contributed by atoms with Crippen molar-refractivity contribution in [3.63, 3.8) is 0 Å². The molecule has 2 rings (SSSR count). The van der Waals surface area contributed by atoms with Crippen molar-refractivity contribution < 1.29 is 4.79 Å². The molecule has 1 heterocycles. The van der Waals surface area contributed by atoms with Crippen LogP contribution in [0.25, 0.3) is 0 Å². The van der Waals surface area contributed by atoms with Gasteiger partial charge in [0.2, 0.25) is 5.91 Å². The van der Waals surface area contributed by atoms with Gasteiger partial charge >= 0.3 is 0 Å². The first-order valence-electron chi connectivity index (χ1n) is 7.88. The normalized spacial score (nSPS) is 16.1. The van der Waals surface area contributed by atoms with Crippen molar-refractivity contribution in [3.8, 4) is 0 Å². The number of carbonyl (C=O) groups is 1. The molecule has 0 unspecified atom stereocenters. The molecule has 0 bridgehead atoms. The topological polar surface area (TPSA) is 33.2 Å². The van der Waals surface area contributed by atoms with Gasteiger partial charge in [-0.05, 0) is 36.5 Å². The Balaban J connectivity index is 1.66. The van der Waals surface area contributed by atoms with Crippen molar-refractivity contribution in [1.29, 1.82) is 0 Å². The minimum absolute atomic E-state index is 0.296. The van der Waals surface area contributed by atoms with E-state index in [2.05, 4.69) is 4.98 Å². The molecular formula is C17H26N2O. The fourth-order valence-corrected chi connectivity index (χ4v) is 2.97. The molecule has 1 aromatic rings. The zero-order valence-electron chi connectivity index (χ0n) is 12.6. The third-order valence-electron chi connectivity index (χ3n) is 4.40. The van der Waals surface area contributed by atoms with Crippen LogP contribution in [0.5, 0.6) is 0 Å². The van der Waals surface area contributed by atoms with Crippen LogP contribution in [0.4, 0.5) is 0 Å². The first-order chi connectivity index (χ1) is 9.75. The largest absolute Gasteiger partial charge is 0.345 e. The van der Waals surface area contributed by atoms with Gasteiger partial charge in [0, 0.05) is 32.4 Å². The van der Waals surface area contributed by atoms with Crippen molar-refractivity contribution in [2.75, 3.05) is 13.6 Å². The summed E-state index contributed by atoms with van der Waals surface area (Å²) in [7, 11) is 1.92. The number of likely N-dealkylation sites (N-methyl/N-ethyl adjacent to an activating group) is 1. The highest BCUT2D eigenvalue weighted by Crippen LogP contribution is 2.27. The number of amides is 1. The van der Waals surface area contributed by atoms with Crippen LogP contribution < -0.4 is 0 Å².